The summed E-state index contributed by atoms with van der Waals surface area (Å²) in [7, 11) is 1.59. The number of aliphatic carboxylic acids is 1. The summed E-state index contributed by atoms with van der Waals surface area (Å²) in [5.41, 5.74) is 2.18. The van der Waals surface area contributed by atoms with Gasteiger partial charge in [-0.25, -0.2) is 4.79 Å². The van der Waals surface area contributed by atoms with E-state index in [4.69, 9.17) is 14.9 Å². The van der Waals surface area contributed by atoms with Crippen LogP contribution in [0.1, 0.15) is 21.5 Å². The van der Waals surface area contributed by atoms with Gasteiger partial charge in [-0.2, -0.15) is 11.3 Å². The number of methoxy groups -OCH3 is 1. The number of hydrogen-bond acceptors (Lipinski definition) is 5. The fraction of sp³-hybridized carbons (Fsp3) is 0.125. The zero-order chi connectivity index (χ0) is 16.1. The standard InChI is InChI=1S/C16H14O5S/c1-21-12-4-2-10(3-5-12)6-11-8-22-9-13(11)14(17)7-15(18)16(19)20/h2-5,7-9,18H,6H2,1H3,(H,19,20). The lowest BCUT2D eigenvalue weighted by Gasteiger charge is -2.04. The minimum absolute atomic E-state index is 0.397. The van der Waals surface area contributed by atoms with Crippen LogP contribution in [0.3, 0.4) is 0 Å². The Morgan fingerprint density at radius 2 is 1.86 bits per heavy atom. The summed E-state index contributed by atoms with van der Waals surface area (Å²) in [4.78, 5) is 22.6. The number of ketones is 1. The molecule has 5 nitrogen and oxygen atoms in total. The topological polar surface area (TPSA) is 83.8 Å². The molecule has 114 valence electrons. The fourth-order valence-electron chi connectivity index (χ4n) is 1.90. The Morgan fingerprint density at radius 3 is 2.45 bits per heavy atom. The summed E-state index contributed by atoms with van der Waals surface area (Å²) in [5, 5.41) is 21.2. The molecule has 0 spiro atoms. The first kappa shape index (κ1) is 15.8. The Bertz CT molecular complexity index is 712. The second kappa shape index (κ2) is 6.91. The van der Waals surface area contributed by atoms with Crippen LogP contribution in [0.5, 0.6) is 5.75 Å². The summed E-state index contributed by atoms with van der Waals surface area (Å²) in [5.74, 6) is -2.27. The Morgan fingerprint density at radius 1 is 1.18 bits per heavy atom. The maximum Gasteiger partial charge on any atom is 0.371 e. The van der Waals surface area contributed by atoms with Crippen molar-refractivity contribution in [3.05, 3.63) is 63.6 Å². The number of hydrogen-bond donors (Lipinski definition) is 2. The average Bonchev–Trinajstić information content (AvgIpc) is 2.96. The highest BCUT2D eigenvalue weighted by atomic mass is 32.1. The van der Waals surface area contributed by atoms with Crippen LogP contribution in [0.4, 0.5) is 0 Å². The van der Waals surface area contributed by atoms with Crippen molar-refractivity contribution in [2.45, 2.75) is 6.42 Å². The maximum absolute atomic E-state index is 12.0. The first-order valence-corrected chi connectivity index (χ1v) is 7.32. The second-order valence-corrected chi connectivity index (χ2v) is 5.28. The minimum Gasteiger partial charge on any atom is -0.502 e. The predicted molar refractivity (Wildman–Crippen MR) is 82.8 cm³/mol. The number of carboxylic acid groups (broad SMARTS) is 1. The van der Waals surface area contributed by atoms with E-state index in [1.807, 2.05) is 29.6 Å². The number of carbonyl (C=O) groups excluding carboxylic acids is 1. The summed E-state index contributed by atoms with van der Waals surface area (Å²) in [6.07, 6.45) is 1.26. The van der Waals surface area contributed by atoms with Crippen LogP contribution in [0, 0.1) is 0 Å². The Balaban J connectivity index is 2.20. The molecule has 0 unspecified atom stereocenters. The highest BCUT2D eigenvalue weighted by Gasteiger charge is 2.14. The summed E-state index contributed by atoms with van der Waals surface area (Å²) >= 11 is 1.35. The number of carbonyl (C=O) groups is 2. The number of aliphatic hydroxyl groups excluding tert-OH is 1. The van der Waals surface area contributed by atoms with Gasteiger partial charge < -0.3 is 14.9 Å². The van der Waals surface area contributed by atoms with Crippen molar-refractivity contribution in [3.63, 3.8) is 0 Å². The van der Waals surface area contributed by atoms with Crippen molar-refractivity contribution in [3.8, 4) is 5.75 Å². The van der Waals surface area contributed by atoms with Crippen LogP contribution in [-0.2, 0) is 11.2 Å². The zero-order valence-corrected chi connectivity index (χ0v) is 12.6. The molecule has 2 N–H and O–H groups in total. The molecule has 0 fully saturated rings. The van der Waals surface area contributed by atoms with Crippen LogP contribution in [0.15, 0.2) is 46.9 Å². The summed E-state index contributed by atoms with van der Waals surface area (Å²) in [6, 6.07) is 7.46. The highest BCUT2D eigenvalue weighted by Crippen LogP contribution is 2.21. The van der Waals surface area contributed by atoms with Gasteiger partial charge in [-0.3, -0.25) is 4.79 Å². The molecule has 0 aliphatic rings. The number of allylic oxidation sites excluding steroid dienone is 1. The van der Waals surface area contributed by atoms with Crippen LogP contribution in [-0.4, -0.2) is 29.1 Å². The molecule has 2 rings (SSSR count). The van der Waals surface area contributed by atoms with E-state index in [0.29, 0.717) is 12.0 Å². The van der Waals surface area contributed by atoms with E-state index in [2.05, 4.69) is 0 Å². The van der Waals surface area contributed by atoms with Crippen molar-refractivity contribution in [1.82, 2.24) is 0 Å². The molecule has 1 aromatic carbocycles. The van der Waals surface area contributed by atoms with Crippen LogP contribution in [0.2, 0.25) is 0 Å². The number of carboxylic acids is 1. The quantitative estimate of drug-likeness (QED) is 0.486. The van der Waals surface area contributed by atoms with Crippen LogP contribution in [0.25, 0.3) is 0 Å². The minimum atomic E-state index is -1.53. The van der Waals surface area contributed by atoms with Crippen molar-refractivity contribution >= 4 is 23.1 Å². The Hall–Kier alpha value is -2.60. The largest absolute Gasteiger partial charge is 0.502 e. The fourth-order valence-corrected chi connectivity index (χ4v) is 2.75. The lowest BCUT2D eigenvalue weighted by molar-refractivity contribution is -0.135. The van der Waals surface area contributed by atoms with E-state index < -0.39 is 17.5 Å². The molecule has 2 aromatic rings. The predicted octanol–water partition coefficient (Wildman–Crippen LogP) is 3.06. The highest BCUT2D eigenvalue weighted by molar-refractivity contribution is 7.08. The van der Waals surface area contributed by atoms with E-state index in [1.165, 1.54) is 11.3 Å². The molecular weight excluding hydrogens is 304 g/mol. The van der Waals surface area contributed by atoms with Gasteiger partial charge in [0.15, 0.2) is 5.78 Å². The van der Waals surface area contributed by atoms with Crippen molar-refractivity contribution in [1.29, 1.82) is 0 Å². The lowest BCUT2D eigenvalue weighted by atomic mass is 10.0. The Kier molecular flexibility index (Phi) is 4.95. The average molecular weight is 318 g/mol. The molecule has 1 heterocycles. The molecule has 0 radical (unpaired) electrons. The number of rotatable bonds is 6. The molecule has 22 heavy (non-hydrogen) atoms. The van der Waals surface area contributed by atoms with Crippen molar-refractivity contribution in [2.24, 2.45) is 0 Å². The van der Waals surface area contributed by atoms with Gasteiger partial charge in [0, 0.05) is 17.0 Å². The molecule has 0 bridgehead atoms. The van der Waals surface area contributed by atoms with Crippen LogP contribution >= 0.6 is 11.3 Å². The molecule has 0 saturated heterocycles. The molecule has 0 atom stereocenters. The van der Waals surface area contributed by atoms with E-state index in [9.17, 15) is 9.59 Å². The first-order valence-electron chi connectivity index (χ1n) is 6.37. The van der Waals surface area contributed by atoms with E-state index in [0.717, 1.165) is 23.0 Å². The van der Waals surface area contributed by atoms with Gasteiger partial charge in [-0.15, -0.1) is 0 Å². The van der Waals surface area contributed by atoms with Gasteiger partial charge in [0.05, 0.1) is 7.11 Å². The van der Waals surface area contributed by atoms with Gasteiger partial charge in [0.25, 0.3) is 0 Å². The summed E-state index contributed by atoms with van der Waals surface area (Å²) < 4.78 is 5.09. The van der Waals surface area contributed by atoms with E-state index in [-0.39, 0.29) is 0 Å². The van der Waals surface area contributed by atoms with Crippen LogP contribution < -0.4 is 4.74 Å². The number of ether oxygens (including phenoxy) is 1. The van der Waals surface area contributed by atoms with Crippen molar-refractivity contribution in [2.75, 3.05) is 7.11 Å². The maximum atomic E-state index is 12.0. The molecule has 0 saturated carbocycles. The summed E-state index contributed by atoms with van der Waals surface area (Å²) in [6.45, 7) is 0. The van der Waals surface area contributed by atoms with Gasteiger partial charge in [-0.1, -0.05) is 12.1 Å². The lowest BCUT2D eigenvalue weighted by Crippen LogP contribution is -2.05. The molecule has 0 aliphatic carbocycles. The Labute approximate surface area is 131 Å². The third-order valence-corrected chi connectivity index (χ3v) is 3.84. The zero-order valence-electron chi connectivity index (χ0n) is 11.8. The molecule has 0 aliphatic heterocycles. The number of benzene rings is 1. The number of aliphatic hydroxyl groups is 1. The first-order chi connectivity index (χ1) is 10.5. The van der Waals surface area contributed by atoms with E-state index >= 15 is 0 Å². The molecule has 0 amide bonds. The van der Waals surface area contributed by atoms with Gasteiger partial charge in [0.2, 0.25) is 5.76 Å². The van der Waals surface area contributed by atoms with Gasteiger partial charge in [0.1, 0.15) is 5.75 Å². The third-order valence-electron chi connectivity index (χ3n) is 3.05. The van der Waals surface area contributed by atoms with Gasteiger partial charge in [-0.05, 0) is 35.1 Å². The van der Waals surface area contributed by atoms with Gasteiger partial charge >= 0.3 is 5.97 Å². The molecule has 6 heteroatoms. The molecular formula is C16H14O5S. The number of thiophene rings is 1. The molecule has 1 aromatic heterocycles. The van der Waals surface area contributed by atoms with E-state index in [1.54, 1.807) is 12.5 Å². The third kappa shape index (κ3) is 3.73. The van der Waals surface area contributed by atoms with Crippen molar-refractivity contribution < 1.29 is 24.5 Å². The smallest absolute Gasteiger partial charge is 0.371 e. The monoisotopic (exact) mass is 318 g/mol. The second-order valence-electron chi connectivity index (χ2n) is 4.53. The SMILES string of the molecule is COc1ccc(Cc2cscc2C(=O)C=C(O)C(=O)O)cc1. The normalized spacial score (nSPS) is 11.2.